The minimum atomic E-state index is -3.85. The number of nitrogens with one attached hydrogen (secondary N) is 3. The topological polar surface area (TPSA) is 186 Å². The van der Waals surface area contributed by atoms with Crippen molar-refractivity contribution in [2.24, 2.45) is 23.2 Å². The lowest BCUT2D eigenvalue weighted by Crippen LogP contribution is -2.54. The summed E-state index contributed by atoms with van der Waals surface area (Å²) in [4.78, 5) is 65.8. The molecule has 3 aliphatic carbocycles. The summed E-state index contributed by atoms with van der Waals surface area (Å²) >= 11 is 1.29. The van der Waals surface area contributed by atoms with Crippen molar-refractivity contribution < 1.29 is 37.1 Å². The van der Waals surface area contributed by atoms with Crippen molar-refractivity contribution in [3.05, 3.63) is 41.8 Å². The normalized spacial score (nSPS) is 26.3. The smallest absolute Gasteiger partial charge is 0.259 e. The Labute approximate surface area is 331 Å². The largest absolute Gasteiger partial charge is 0.497 e. The van der Waals surface area contributed by atoms with Gasteiger partial charge in [0.2, 0.25) is 27.7 Å². The predicted molar refractivity (Wildman–Crippen MR) is 212 cm³/mol. The van der Waals surface area contributed by atoms with Crippen molar-refractivity contribution >= 4 is 61.0 Å². The van der Waals surface area contributed by atoms with Gasteiger partial charge in [-0.2, -0.15) is 0 Å². The summed E-state index contributed by atoms with van der Waals surface area (Å²) in [6, 6.07) is 7.21. The maximum absolute atomic E-state index is 14.3. The van der Waals surface area contributed by atoms with Gasteiger partial charge in [-0.15, -0.1) is 11.3 Å². The molecule has 3 N–H and O–H groups in total. The molecule has 3 saturated carbocycles. The van der Waals surface area contributed by atoms with Gasteiger partial charge >= 0.3 is 0 Å². The Kier molecular flexibility index (Phi) is 10.9. The third-order valence-corrected chi connectivity index (χ3v) is 13.5. The zero-order chi connectivity index (χ0) is 40.0. The number of hydrogen-bond donors (Lipinski definition) is 3. The number of aromatic nitrogens is 2. The second-order valence-electron chi connectivity index (χ2n) is 16.8. The Morgan fingerprint density at radius 1 is 1.07 bits per heavy atom. The Morgan fingerprint density at radius 3 is 2.57 bits per heavy atom. The number of ether oxygens (including phenoxy) is 2. The van der Waals surface area contributed by atoms with Crippen LogP contribution in [0.15, 0.2) is 41.8 Å². The van der Waals surface area contributed by atoms with E-state index in [2.05, 4.69) is 20.3 Å². The first-order valence-electron chi connectivity index (χ1n) is 19.3. The quantitative estimate of drug-likeness (QED) is 0.243. The van der Waals surface area contributed by atoms with E-state index in [1.54, 1.807) is 37.3 Å². The minimum absolute atomic E-state index is 0.135. The number of amides is 4. The van der Waals surface area contributed by atoms with Gasteiger partial charge in [0.15, 0.2) is 5.13 Å². The minimum Gasteiger partial charge on any atom is -0.497 e. The fraction of sp³-hybridized carbons (Fsp3) is 0.550. The Balaban J connectivity index is 1.17. The van der Waals surface area contributed by atoms with Crippen LogP contribution in [0.25, 0.3) is 22.3 Å². The summed E-state index contributed by atoms with van der Waals surface area (Å²) in [5.41, 5.74) is 0.00244. The lowest BCUT2D eigenvalue weighted by atomic mass is 9.92. The molecule has 14 nitrogen and oxygen atoms in total. The molecular weight excluding hydrogens is 757 g/mol. The van der Waals surface area contributed by atoms with Gasteiger partial charge < -0.3 is 25.0 Å². The molecule has 3 aromatic rings. The lowest BCUT2D eigenvalue weighted by molar-refractivity contribution is -0.140. The van der Waals surface area contributed by atoms with Crippen molar-refractivity contribution in [1.82, 2.24) is 24.9 Å². The standard InChI is InChI=1S/C40H50N6O8S2/c1-39(2,3)21-34(47)43-38-42-32(22-55-38)31-19-33(27-14-11-24(53-5)18-30(27)41-31)54-25-16-28-29(17-25)36(49)46(4)15-9-7-6-8-10-23-20-40(23,44-35(28)48)37(50)45-56(51,52)26-12-13-26/h8,10-11,14,18-19,22-23,25-26,28-29H,6-7,9,12-13,15-17,20-21H2,1-5H3,(H,44,48)(H,45,50)(H,42,43,47)/b10-8+. The molecule has 4 aliphatic rings. The van der Waals surface area contributed by atoms with Crippen LogP contribution in [0.4, 0.5) is 5.13 Å². The van der Waals surface area contributed by atoms with Crippen LogP contribution in [0.2, 0.25) is 0 Å². The molecule has 16 heteroatoms. The van der Waals surface area contributed by atoms with Crippen molar-refractivity contribution in [1.29, 1.82) is 0 Å². The van der Waals surface area contributed by atoms with Crippen LogP contribution in [0.3, 0.4) is 0 Å². The fourth-order valence-corrected chi connectivity index (χ4v) is 9.78. The number of rotatable bonds is 9. The number of methoxy groups -OCH3 is 1. The summed E-state index contributed by atoms with van der Waals surface area (Å²) in [6.45, 7) is 6.51. The first-order chi connectivity index (χ1) is 26.5. The highest BCUT2D eigenvalue weighted by Crippen LogP contribution is 2.47. The predicted octanol–water partition coefficient (Wildman–Crippen LogP) is 5.20. The van der Waals surface area contributed by atoms with E-state index in [0.29, 0.717) is 64.7 Å². The molecule has 5 unspecified atom stereocenters. The molecule has 0 bridgehead atoms. The molecule has 4 amide bonds. The second kappa shape index (κ2) is 15.4. The zero-order valence-electron chi connectivity index (χ0n) is 32.4. The number of sulfonamides is 1. The van der Waals surface area contributed by atoms with E-state index in [-0.39, 0.29) is 42.4 Å². The highest BCUT2D eigenvalue weighted by molar-refractivity contribution is 7.91. The average molecular weight is 807 g/mol. The third kappa shape index (κ3) is 8.70. The summed E-state index contributed by atoms with van der Waals surface area (Å²) in [5, 5.41) is 8.17. The summed E-state index contributed by atoms with van der Waals surface area (Å²) in [7, 11) is -0.542. The van der Waals surface area contributed by atoms with Gasteiger partial charge in [0.05, 0.1) is 35.4 Å². The van der Waals surface area contributed by atoms with E-state index in [4.69, 9.17) is 14.5 Å². The van der Waals surface area contributed by atoms with Gasteiger partial charge in [-0.1, -0.05) is 32.9 Å². The number of nitrogens with zero attached hydrogens (tertiary/aromatic N) is 3. The van der Waals surface area contributed by atoms with Gasteiger partial charge in [-0.05, 0) is 68.9 Å². The van der Waals surface area contributed by atoms with E-state index in [9.17, 15) is 27.6 Å². The van der Waals surface area contributed by atoms with Crippen molar-refractivity contribution in [2.75, 3.05) is 26.0 Å². The molecule has 56 heavy (non-hydrogen) atoms. The number of carbonyl (C=O) groups excluding carboxylic acids is 4. The number of hydrogen-bond acceptors (Lipinski definition) is 11. The molecule has 3 heterocycles. The highest BCUT2D eigenvalue weighted by atomic mass is 32.2. The molecule has 300 valence electrons. The van der Waals surface area contributed by atoms with Crippen LogP contribution in [-0.2, 0) is 29.2 Å². The number of anilines is 1. The molecule has 5 atom stereocenters. The van der Waals surface area contributed by atoms with Gasteiger partial charge in [-0.25, -0.2) is 18.4 Å². The summed E-state index contributed by atoms with van der Waals surface area (Å²) in [5.74, 6) is -2.41. The molecule has 0 saturated heterocycles. The second-order valence-corrected chi connectivity index (χ2v) is 19.6. The number of benzene rings is 1. The molecule has 1 aromatic carbocycles. The van der Waals surface area contributed by atoms with Crippen LogP contribution < -0.4 is 24.8 Å². The monoisotopic (exact) mass is 806 g/mol. The van der Waals surface area contributed by atoms with Crippen LogP contribution in [0.1, 0.15) is 78.6 Å². The van der Waals surface area contributed by atoms with E-state index in [0.717, 1.165) is 19.3 Å². The van der Waals surface area contributed by atoms with Crippen LogP contribution in [0, 0.1) is 23.2 Å². The molecule has 2 aromatic heterocycles. The number of pyridine rings is 1. The molecule has 0 radical (unpaired) electrons. The zero-order valence-corrected chi connectivity index (χ0v) is 34.1. The van der Waals surface area contributed by atoms with Crippen LogP contribution in [-0.4, -0.2) is 84.5 Å². The Hall–Kier alpha value is -4.57. The highest BCUT2D eigenvalue weighted by Gasteiger charge is 2.62. The summed E-state index contributed by atoms with van der Waals surface area (Å²) in [6.07, 6.45) is 7.64. The van der Waals surface area contributed by atoms with Gasteiger partial charge in [0.1, 0.15) is 28.8 Å². The number of thiazole rings is 1. The number of fused-ring (bicyclic) bond motifs is 3. The van der Waals surface area contributed by atoms with E-state index >= 15 is 0 Å². The molecule has 1 aliphatic heterocycles. The van der Waals surface area contributed by atoms with Crippen molar-refractivity contribution in [3.63, 3.8) is 0 Å². The number of allylic oxidation sites excluding steroid dienone is 1. The SMILES string of the molecule is COc1ccc2c(OC3CC4C(=O)NC5(C(=O)NS(=O)(=O)C6CC6)CC5/C=C/CCCCN(C)C(=O)C4C3)cc(-c3csc(NC(=O)CC(C)(C)C)n3)nc2c1. The van der Waals surface area contributed by atoms with Gasteiger partial charge in [0.25, 0.3) is 5.91 Å². The van der Waals surface area contributed by atoms with E-state index < -0.39 is 50.6 Å². The molecular formula is C40H50N6O8S2. The van der Waals surface area contributed by atoms with Crippen LogP contribution in [0.5, 0.6) is 11.5 Å². The maximum atomic E-state index is 14.3. The Bertz CT molecular complexity index is 2180. The van der Waals surface area contributed by atoms with Crippen LogP contribution >= 0.6 is 11.3 Å². The number of carbonyl (C=O) groups is 4. The first kappa shape index (κ1) is 39.7. The van der Waals surface area contributed by atoms with Gasteiger partial charge in [0, 0.05) is 48.8 Å². The average Bonchev–Trinajstić information content (AvgIpc) is 4.02. The van der Waals surface area contributed by atoms with Crippen molar-refractivity contribution in [2.45, 2.75) is 95.5 Å². The molecule has 3 fully saturated rings. The third-order valence-electron chi connectivity index (χ3n) is 11.0. The van der Waals surface area contributed by atoms with Gasteiger partial charge in [-0.3, -0.25) is 23.9 Å². The fourth-order valence-electron chi connectivity index (χ4n) is 7.70. The first-order valence-corrected chi connectivity index (χ1v) is 21.7. The Morgan fingerprint density at radius 2 is 1.84 bits per heavy atom. The van der Waals surface area contributed by atoms with E-state index in [1.165, 1.54) is 11.3 Å². The summed E-state index contributed by atoms with van der Waals surface area (Å²) < 4.78 is 40.1. The van der Waals surface area contributed by atoms with Crippen molar-refractivity contribution in [3.8, 4) is 22.9 Å². The maximum Gasteiger partial charge on any atom is 0.259 e. The molecule has 0 spiro atoms. The molecule has 7 rings (SSSR count). The van der Waals surface area contributed by atoms with E-state index in [1.807, 2.05) is 44.4 Å². The lowest BCUT2D eigenvalue weighted by Gasteiger charge is -2.26.